The van der Waals surface area contributed by atoms with Crippen molar-refractivity contribution in [1.82, 2.24) is 0 Å². The van der Waals surface area contributed by atoms with Crippen molar-refractivity contribution in [2.24, 2.45) is 0 Å². The summed E-state index contributed by atoms with van der Waals surface area (Å²) in [5.41, 5.74) is 0.648. The molecule has 1 aromatic rings. The lowest BCUT2D eigenvalue weighted by atomic mass is 9.98. The second kappa shape index (κ2) is 3.52. The van der Waals surface area contributed by atoms with Crippen molar-refractivity contribution in [1.29, 1.82) is 0 Å². The number of hydrogen-bond acceptors (Lipinski definition) is 1. The van der Waals surface area contributed by atoms with Gasteiger partial charge in [-0.1, -0.05) is 24.3 Å². The lowest BCUT2D eigenvalue weighted by Gasteiger charge is -2.17. The van der Waals surface area contributed by atoms with Gasteiger partial charge in [-0.3, -0.25) is 0 Å². The molecule has 1 fully saturated rings. The summed E-state index contributed by atoms with van der Waals surface area (Å²) in [6.45, 7) is 0. The molecule has 1 atom stereocenters. The Morgan fingerprint density at radius 1 is 1.20 bits per heavy atom. The van der Waals surface area contributed by atoms with Gasteiger partial charge in [-0.2, -0.15) is 13.2 Å². The predicted molar refractivity (Wildman–Crippen MR) is 49.4 cm³/mol. The van der Waals surface area contributed by atoms with Crippen LogP contribution >= 0.6 is 0 Å². The van der Waals surface area contributed by atoms with Crippen molar-refractivity contribution < 1.29 is 18.3 Å². The van der Waals surface area contributed by atoms with Crippen LogP contribution in [-0.2, 0) is 0 Å². The van der Waals surface area contributed by atoms with E-state index in [9.17, 15) is 18.3 Å². The summed E-state index contributed by atoms with van der Waals surface area (Å²) in [5.74, 6) is 0.207. The molecule has 0 radical (unpaired) electrons. The molecule has 0 aromatic heterocycles. The SMILES string of the molecule is O[C@@H](c1ccccc1C1CC1)C(F)(F)F. The normalized spacial score (nSPS) is 18.9. The van der Waals surface area contributed by atoms with E-state index in [2.05, 4.69) is 0 Å². The van der Waals surface area contributed by atoms with E-state index < -0.39 is 12.3 Å². The van der Waals surface area contributed by atoms with Gasteiger partial charge < -0.3 is 5.11 Å². The Morgan fingerprint density at radius 2 is 1.80 bits per heavy atom. The van der Waals surface area contributed by atoms with E-state index in [1.165, 1.54) is 12.1 Å². The van der Waals surface area contributed by atoms with Gasteiger partial charge in [0.2, 0.25) is 0 Å². The van der Waals surface area contributed by atoms with E-state index in [1.807, 2.05) is 0 Å². The first-order valence-corrected chi connectivity index (χ1v) is 4.84. The van der Waals surface area contributed by atoms with Crippen LogP contribution in [0.2, 0.25) is 0 Å². The second-order valence-electron chi connectivity index (χ2n) is 3.85. The minimum Gasteiger partial charge on any atom is -0.379 e. The molecule has 0 heterocycles. The molecule has 1 aromatic carbocycles. The van der Waals surface area contributed by atoms with Gasteiger partial charge in [0.25, 0.3) is 0 Å². The molecule has 0 bridgehead atoms. The van der Waals surface area contributed by atoms with Gasteiger partial charge in [-0.05, 0) is 29.9 Å². The number of rotatable bonds is 2. The smallest absolute Gasteiger partial charge is 0.379 e. The van der Waals surface area contributed by atoms with E-state index in [-0.39, 0.29) is 11.5 Å². The third-order valence-electron chi connectivity index (χ3n) is 2.62. The van der Waals surface area contributed by atoms with Crippen molar-refractivity contribution in [3.05, 3.63) is 35.4 Å². The summed E-state index contributed by atoms with van der Waals surface area (Å²) in [6, 6.07) is 6.25. The highest BCUT2D eigenvalue weighted by Gasteiger charge is 2.41. The Morgan fingerprint density at radius 3 is 2.33 bits per heavy atom. The summed E-state index contributed by atoms with van der Waals surface area (Å²) in [5, 5.41) is 9.19. The summed E-state index contributed by atoms with van der Waals surface area (Å²) in [6.07, 6.45) is -5.09. The quantitative estimate of drug-likeness (QED) is 0.805. The molecule has 2 rings (SSSR count). The van der Waals surface area contributed by atoms with Gasteiger partial charge in [0.1, 0.15) is 0 Å². The van der Waals surface area contributed by atoms with E-state index in [0.717, 1.165) is 12.8 Å². The lowest BCUT2D eigenvalue weighted by Crippen LogP contribution is -2.21. The molecule has 15 heavy (non-hydrogen) atoms. The maximum absolute atomic E-state index is 12.3. The second-order valence-corrected chi connectivity index (χ2v) is 3.85. The van der Waals surface area contributed by atoms with Crippen molar-refractivity contribution in [2.45, 2.75) is 31.0 Å². The molecule has 82 valence electrons. The maximum Gasteiger partial charge on any atom is 0.418 e. The summed E-state index contributed by atoms with van der Waals surface area (Å²) >= 11 is 0. The van der Waals surface area contributed by atoms with Crippen LogP contribution < -0.4 is 0 Å². The van der Waals surface area contributed by atoms with E-state index in [1.54, 1.807) is 12.1 Å². The molecular formula is C11H11F3O. The average molecular weight is 216 g/mol. The zero-order valence-corrected chi connectivity index (χ0v) is 7.96. The Bertz CT molecular complexity index is 355. The molecule has 0 saturated heterocycles. The molecule has 0 amide bonds. The molecular weight excluding hydrogens is 205 g/mol. The number of halogens is 3. The molecule has 4 heteroatoms. The Balaban J connectivity index is 2.34. The van der Waals surface area contributed by atoms with Gasteiger partial charge in [0.05, 0.1) is 0 Å². The molecule has 0 aliphatic heterocycles. The minimum absolute atomic E-state index is 0.00694. The van der Waals surface area contributed by atoms with E-state index in [4.69, 9.17) is 0 Å². The fraction of sp³-hybridized carbons (Fsp3) is 0.455. The lowest BCUT2D eigenvalue weighted by molar-refractivity contribution is -0.207. The molecule has 1 nitrogen and oxygen atoms in total. The predicted octanol–water partition coefficient (Wildman–Crippen LogP) is 3.16. The van der Waals surface area contributed by atoms with Crippen molar-refractivity contribution in [3.8, 4) is 0 Å². The van der Waals surface area contributed by atoms with Crippen LogP contribution in [0.25, 0.3) is 0 Å². The first-order chi connectivity index (χ1) is 7.00. The van der Waals surface area contributed by atoms with Crippen molar-refractivity contribution >= 4 is 0 Å². The Kier molecular flexibility index (Phi) is 2.46. The number of benzene rings is 1. The fourth-order valence-electron chi connectivity index (χ4n) is 1.70. The Hall–Kier alpha value is -1.03. The first kappa shape index (κ1) is 10.5. The average Bonchev–Trinajstić information content (AvgIpc) is 2.98. The van der Waals surface area contributed by atoms with E-state index in [0.29, 0.717) is 5.56 Å². The van der Waals surface area contributed by atoms with Crippen LogP contribution in [0.5, 0.6) is 0 Å². The number of alkyl halides is 3. The number of hydrogen-bond donors (Lipinski definition) is 1. The molecule has 1 N–H and O–H groups in total. The maximum atomic E-state index is 12.3. The molecule has 0 spiro atoms. The van der Waals surface area contributed by atoms with Crippen molar-refractivity contribution in [3.63, 3.8) is 0 Å². The van der Waals surface area contributed by atoms with Crippen LogP contribution in [0.3, 0.4) is 0 Å². The molecule has 1 aliphatic rings. The molecule has 0 unspecified atom stereocenters. The topological polar surface area (TPSA) is 20.2 Å². The zero-order valence-electron chi connectivity index (χ0n) is 7.96. The minimum atomic E-state index is -4.58. The van der Waals surface area contributed by atoms with Gasteiger partial charge in [-0.25, -0.2) is 0 Å². The number of aliphatic hydroxyl groups is 1. The van der Waals surface area contributed by atoms with Crippen LogP contribution in [-0.4, -0.2) is 11.3 Å². The zero-order chi connectivity index (χ0) is 11.1. The van der Waals surface area contributed by atoms with Gasteiger partial charge in [-0.15, -0.1) is 0 Å². The first-order valence-electron chi connectivity index (χ1n) is 4.84. The standard InChI is InChI=1S/C11H11F3O/c12-11(13,14)10(15)9-4-2-1-3-8(9)7-5-6-7/h1-4,7,10,15H,5-6H2/t10-/m0/s1. The molecule has 1 aliphatic carbocycles. The highest BCUT2D eigenvalue weighted by atomic mass is 19.4. The van der Waals surface area contributed by atoms with Crippen LogP contribution in [0.1, 0.15) is 36.0 Å². The van der Waals surface area contributed by atoms with Crippen molar-refractivity contribution in [2.75, 3.05) is 0 Å². The third kappa shape index (κ3) is 2.15. The summed E-state index contributed by atoms with van der Waals surface area (Å²) in [4.78, 5) is 0. The largest absolute Gasteiger partial charge is 0.418 e. The van der Waals surface area contributed by atoms with E-state index >= 15 is 0 Å². The fourth-order valence-corrected chi connectivity index (χ4v) is 1.70. The summed E-state index contributed by atoms with van der Waals surface area (Å²) in [7, 11) is 0. The molecule has 1 saturated carbocycles. The monoisotopic (exact) mass is 216 g/mol. The van der Waals surface area contributed by atoms with Crippen LogP contribution in [0.4, 0.5) is 13.2 Å². The summed E-state index contributed by atoms with van der Waals surface area (Å²) < 4.78 is 37.0. The van der Waals surface area contributed by atoms with Crippen LogP contribution in [0.15, 0.2) is 24.3 Å². The number of aliphatic hydroxyl groups excluding tert-OH is 1. The van der Waals surface area contributed by atoms with Crippen LogP contribution in [0, 0.1) is 0 Å². The Labute approximate surface area is 85.5 Å². The third-order valence-corrected chi connectivity index (χ3v) is 2.62. The van der Waals surface area contributed by atoms with Gasteiger partial charge in [0.15, 0.2) is 6.10 Å². The van der Waals surface area contributed by atoms with Gasteiger partial charge in [0, 0.05) is 0 Å². The highest BCUT2D eigenvalue weighted by molar-refractivity contribution is 5.35. The van der Waals surface area contributed by atoms with Gasteiger partial charge >= 0.3 is 6.18 Å². The highest BCUT2D eigenvalue weighted by Crippen LogP contribution is 2.45.